The third-order valence-electron chi connectivity index (χ3n) is 3.63. The van der Waals surface area contributed by atoms with Crippen LogP contribution in [-0.2, 0) is 9.59 Å². The van der Waals surface area contributed by atoms with E-state index in [0.29, 0.717) is 27.7 Å². The highest BCUT2D eigenvalue weighted by Crippen LogP contribution is 2.29. The van der Waals surface area contributed by atoms with Gasteiger partial charge in [0.2, 0.25) is 0 Å². The van der Waals surface area contributed by atoms with Crippen LogP contribution in [0.4, 0.5) is 11.4 Å². The Morgan fingerprint density at radius 2 is 1.48 bits per heavy atom. The summed E-state index contributed by atoms with van der Waals surface area (Å²) in [5, 5.41) is 24.8. The molecule has 3 N–H and O–H groups in total. The van der Waals surface area contributed by atoms with E-state index in [1.54, 1.807) is 60.7 Å². The van der Waals surface area contributed by atoms with E-state index in [1.165, 1.54) is 0 Å². The number of amides is 2. The molecule has 25 heavy (non-hydrogen) atoms. The van der Waals surface area contributed by atoms with Crippen LogP contribution in [-0.4, -0.2) is 16.9 Å². The smallest absolute Gasteiger partial charge is 0.314 e. The van der Waals surface area contributed by atoms with Crippen molar-refractivity contribution < 1.29 is 14.7 Å². The number of rotatable bonds is 2. The lowest BCUT2D eigenvalue weighted by molar-refractivity contribution is -0.132. The van der Waals surface area contributed by atoms with Gasteiger partial charge in [0.15, 0.2) is 0 Å². The average molecular weight is 331 g/mol. The molecule has 3 rings (SSSR count). The largest absolute Gasteiger partial charge is 0.507 e. The van der Waals surface area contributed by atoms with Crippen LogP contribution in [0.2, 0.25) is 0 Å². The summed E-state index contributed by atoms with van der Waals surface area (Å²) in [6.07, 6.45) is 0. The summed E-state index contributed by atoms with van der Waals surface area (Å²) < 4.78 is 0. The highest BCUT2D eigenvalue weighted by atomic mass is 16.3. The maximum Gasteiger partial charge on any atom is 0.314 e. The Morgan fingerprint density at radius 1 is 0.840 bits per heavy atom. The minimum Gasteiger partial charge on any atom is -0.507 e. The monoisotopic (exact) mass is 331 g/mol. The molecule has 0 radical (unpaired) electrons. The van der Waals surface area contributed by atoms with Gasteiger partial charge in [-0.1, -0.05) is 24.3 Å². The van der Waals surface area contributed by atoms with Crippen molar-refractivity contribution in [2.75, 3.05) is 10.6 Å². The summed E-state index contributed by atoms with van der Waals surface area (Å²) in [5.74, 6) is -1.57. The van der Waals surface area contributed by atoms with E-state index in [1.807, 2.05) is 6.07 Å². The zero-order valence-electron chi connectivity index (χ0n) is 13.0. The summed E-state index contributed by atoms with van der Waals surface area (Å²) >= 11 is 0. The zero-order valence-corrected chi connectivity index (χ0v) is 13.0. The second kappa shape index (κ2) is 6.72. The Labute approximate surface area is 143 Å². The lowest BCUT2D eigenvalue weighted by Crippen LogP contribution is -2.29. The normalized spacial score (nSPS) is 10.0. The van der Waals surface area contributed by atoms with E-state index in [9.17, 15) is 14.7 Å². The van der Waals surface area contributed by atoms with Crippen LogP contribution in [0.15, 0.2) is 60.7 Å². The molecule has 2 amide bonds. The predicted octanol–water partition coefficient (Wildman–Crippen LogP) is 2.99. The molecule has 3 aromatic rings. The molecular weight excluding hydrogens is 318 g/mol. The van der Waals surface area contributed by atoms with Gasteiger partial charge in [0.25, 0.3) is 0 Å². The maximum absolute atomic E-state index is 12.1. The van der Waals surface area contributed by atoms with E-state index >= 15 is 0 Å². The van der Waals surface area contributed by atoms with Gasteiger partial charge in [-0.05, 0) is 36.4 Å². The second-order valence-corrected chi connectivity index (χ2v) is 5.28. The van der Waals surface area contributed by atoms with Gasteiger partial charge in [0.1, 0.15) is 5.75 Å². The van der Waals surface area contributed by atoms with Crippen LogP contribution in [0.1, 0.15) is 5.56 Å². The molecule has 0 saturated carbocycles. The number of carbonyl (C=O) groups is 2. The van der Waals surface area contributed by atoms with Gasteiger partial charge >= 0.3 is 11.8 Å². The summed E-state index contributed by atoms with van der Waals surface area (Å²) in [4.78, 5) is 24.2. The molecule has 0 fully saturated rings. The van der Waals surface area contributed by atoms with Gasteiger partial charge in [0.05, 0.1) is 11.6 Å². The average Bonchev–Trinajstić information content (AvgIpc) is 2.63. The topological polar surface area (TPSA) is 102 Å². The van der Waals surface area contributed by atoms with Crippen molar-refractivity contribution in [2.45, 2.75) is 0 Å². The van der Waals surface area contributed by atoms with Gasteiger partial charge in [-0.3, -0.25) is 9.59 Å². The van der Waals surface area contributed by atoms with E-state index < -0.39 is 11.8 Å². The molecule has 122 valence electrons. The fraction of sp³-hybridized carbons (Fsp3) is 0. The number of carbonyl (C=O) groups excluding carboxylic acids is 2. The van der Waals surface area contributed by atoms with Crippen LogP contribution in [0.5, 0.6) is 5.75 Å². The standard InChI is InChI=1S/C19H13N3O3/c20-11-12-7-9-13(10-8-12)21-18(24)19(25)22-16-5-1-4-15-14(16)3-2-6-17(15)23/h1-10,23H,(H,21,24)(H,22,25). The molecule has 6 heteroatoms. The van der Waals surface area contributed by atoms with Crippen LogP contribution in [0, 0.1) is 11.3 Å². The van der Waals surface area contributed by atoms with E-state index in [-0.39, 0.29) is 5.75 Å². The number of aromatic hydroxyl groups is 1. The van der Waals surface area contributed by atoms with Crippen molar-refractivity contribution in [3.8, 4) is 11.8 Å². The molecule has 3 aromatic carbocycles. The molecule has 0 aromatic heterocycles. The van der Waals surface area contributed by atoms with Crippen molar-refractivity contribution in [2.24, 2.45) is 0 Å². The Morgan fingerprint density at radius 3 is 2.20 bits per heavy atom. The van der Waals surface area contributed by atoms with Crippen molar-refractivity contribution in [3.63, 3.8) is 0 Å². The quantitative estimate of drug-likeness (QED) is 0.628. The lowest BCUT2D eigenvalue weighted by atomic mass is 10.1. The predicted molar refractivity (Wildman–Crippen MR) is 94.0 cm³/mol. The van der Waals surface area contributed by atoms with Crippen molar-refractivity contribution in [1.82, 2.24) is 0 Å². The molecule has 0 aliphatic carbocycles. The molecule has 6 nitrogen and oxygen atoms in total. The first kappa shape index (κ1) is 16.0. The van der Waals surface area contributed by atoms with E-state index in [4.69, 9.17) is 5.26 Å². The zero-order chi connectivity index (χ0) is 17.8. The van der Waals surface area contributed by atoms with Crippen molar-refractivity contribution in [1.29, 1.82) is 5.26 Å². The summed E-state index contributed by atoms with van der Waals surface area (Å²) in [5.41, 5.74) is 1.29. The number of fused-ring (bicyclic) bond motifs is 1. The van der Waals surface area contributed by atoms with Crippen LogP contribution >= 0.6 is 0 Å². The molecule has 0 atom stereocenters. The Bertz CT molecular complexity index is 1000. The number of hydrogen-bond acceptors (Lipinski definition) is 4. The van der Waals surface area contributed by atoms with E-state index in [2.05, 4.69) is 10.6 Å². The van der Waals surface area contributed by atoms with Gasteiger partial charge < -0.3 is 15.7 Å². The number of benzene rings is 3. The van der Waals surface area contributed by atoms with Crippen molar-refractivity contribution in [3.05, 3.63) is 66.2 Å². The second-order valence-electron chi connectivity index (χ2n) is 5.28. The summed E-state index contributed by atoms with van der Waals surface area (Å²) in [6.45, 7) is 0. The molecule has 0 heterocycles. The lowest BCUT2D eigenvalue weighted by Gasteiger charge is -2.10. The summed E-state index contributed by atoms with van der Waals surface area (Å²) in [6, 6.07) is 18.1. The van der Waals surface area contributed by atoms with Crippen LogP contribution < -0.4 is 10.6 Å². The number of phenols is 1. The molecule has 0 aliphatic heterocycles. The van der Waals surface area contributed by atoms with Gasteiger partial charge in [-0.25, -0.2) is 0 Å². The third kappa shape index (κ3) is 3.41. The Balaban J connectivity index is 1.77. The number of nitrogens with zero attached hydrogens (tertiary/aromatic N) is 1. The highest BCUT2D eigenvalue weighted by molar-refractivity contribution is 6.44. The van der Waals surface area contributed by atoms with Gasteiger partial charge in [-0.15, -0.1) is 0 Å². The Kier molecular flexibility index (Phi) is 4.31. The molecular formula is C19H13N3O3. The minimum atomic E-state index is -0.833. The first-order valence-electron chi connectivity index (χ1n) is 7.41. The van der Waals surface area contributed by atoms with Crippen LogP contribution in [0.3, 0.4) is 0 Å². The first-order chi connectivity index (χ1) is 12.1. The number of anilines is 2. The van der Waals surface area contributed by atoms with Crippen LogP contribution in [0.25, 0.3) is 10.8 Å². The first-order valence-corrected chi connectivity index (χ1v) is 7.41. The number of nitriles is 1. The fourth-order valence-electron chi connectivity index (χ4n) is 2.40. The maximum atomic E-state index is 12.1. The molecule has 0 aliphatic rings. The minimum absolute atomic E-state index is 0.0932. The van der Waals surface area contributed by atoms with E-state index in [0.717, 1.165) is 0 Å². The molecule has 0 spiro atoms. The van der Waals surface area contributed by atoms with Gasteiger partial charge in [0, 0.05) is 22.1 Å². The third-order valence-corrected chi connectivity index (χ3v) is 3.63. The number of phenolic OH excluding ortho intramolecular Hbond substituents is 1. The SMILES string of the molecule is N#Cc1ccc(NC(=O)C(=O)Nc2cccc3c(O)cccc23)cc1. The molecule has 0 unspecified atom stereocenters. The van der Waals surface area contributed by atoms with Crippen molar-refractivity contribution >= 4 is 34.0 Å². The highest BCUT2D eigenvalue weighted by Gasteiger charge is 2.15. The van der Waals surface area contributed by atoms with Gasteiger partial charge in [-0.2, -0.15) is 5.26 Å². The number of hydrogen-bond donors (Lipinski definition) is 3. The Hall–Kier alpha value is -3.85. The molecule has 0 saturated heterocycles. The fourth-order valence-corrected chi connectivity index (χ4v) is 2.40. The molecule has 0 bridgehead atoms. The number of nitrogens with one attached hydrogen (secondary N) is 2. The summed E-state index contributed by atoms with van der Waals surface area (Å²) in [7, 11) is 0.